The highest BCUT2D eigenvalue weighted by molar-refractivity contribution is 9.10. The van der Waals surface area contributed by atoms with E-state index in [4.69, 9.17) is 9.47 Å². The van der Waals surface area contributed by atoms with Crippen molar-refractivity contribution in [3.63, 3.8) is 0 Å². The fourth-order valence-corrected chi connectivity index (χ4v) is 4.44. The molecule has 3 aromatic carbocycles. The number of rotatable bonds is 8. The summed E-state index contributed by atoms with van der Waals surface area (Å²) >= 11 is 4.63. The van der Waals surface area contributed by atoms with Crippen LogP contribution in [0.4, 0.5) is 20.2 Å². The summed E-state index contributed by atoms with van der Waals surface area (Å²) in [6.07, 6.45) is 1.67. The topological polar surface area (TPSA) is 89.0 Å². The molecule has 0 aromatic heterocycles. The van der Waals surface area contributed by atoms with Gasteiger partial charge in [-0.3, -0.25) is 9.59 Å². The van der Waals surface area contributed by atoms with Gasteiger partial charge in [0.25, 0.3) is 11.8 Å². The molecule has 0 aliphatic carbocycles. The summed E-state index contributed by atoms with van der Waals surface area (Å²) in [5.41, 5.74) is 1.60. The third kappa shape index (κ3) is 7.17. The maximum Gasteiger partial charge on any atom is 0.264 e. The molecule has 1 aliphatic rings. The number of amidine groups is 1. The Balaban J connectivity index is 1.48. The summed E-state index contributed by atoms with van der Waals surface area (Å²) in [5, 5.41) is 5.69. The summed E-state index contributed by atoms with van der Waals surface area (Å²) in [4.78, 5) is 29.5. The predicted molar refractivity (Wildman–Crippen MR) is 143 cm³/mol. The highest BCUT2D eigenvalue weighted by atomic mass is 79.9. The maximum atomic E-state index is 13.1. The van der Waals surface area contributed by atoms with Crippen LogP contribution in [0.3, 0.4) is 0 Å². The first kappa shape index (κ1) is 26.4. The molecule has 2 N–H and O–H groups in total. The van der Waals surface area contributed by atoms with Crippen molar-refractivity contribution < 1.29 is 27.8 Å². The normalized spacial score (nSPS) is 15.1. The van der Waals surface area contributed by atoms with Gasteiger partial charge in [0.1, 0.15) is 11.6 Å². The van der Waals surface area contributed by atoms with Crippen molar-refractivity contribution in [2.24, 2.45) is 4.99 Å². The second kappa shape index (κ2) is 12.0. The summed E-state index contributed by atoms with van der Waals surface area (Å²) < 4.78 is 38.1. The van der Waals surface area contributed by atoms with Crippen molar-refractivity contribution in [1.29, 1.82) is 0 Å². The van der Waals surface area contributed by atoms with Crippen molar-refractivity contribution in [1.82, 2.24) is 5.32 Å². The van der Waals surface area contributed by atoms with Crippen LogP contribution >= 0.6 is 27.7 Å². The van der Waals surface area contributed by atoms with Crippen LogP contribution < -0.4 is 20.1 Å². The zero-order valence-corrected chi connectivity index (χ0v) is 21.8. The third-order valence-electron chi connectivity index (χ3n) is 4.84. The molecule has 4 rings (SSSR count). The van der Waals surface area contributed by atoms with E-state index in [-0.39, 0.29) is 18.3 Å². The zero-order chi connectivity index (χ0) is 26.4. The average Bonchev–Trinajstić information content (AvgIpc) is 3.21. The van der Waals surface area contributed by atoms with Gasteiger partial charge in [0.05, 0.1) is 17.2 Å². The number of nitrogens with one attached hydrogen (secondary N) is 2. The molecule has 1 aliphatic heterocycles. The van der Waals surface area contributed by atoms with Crippen molar-refractivity contribution >= 4 is 62.1 Å². The lowest BCUT2D eigenvalue weighted by Crippen LogP contribution is -2.20. The van der Waals surface area contributed by atoms with Gasteiger partial charge in [-0.05, 0) is 91.0 Å². The number of nitrogens with zero attached hydrogens (tertiary/aromatic N) is 1. The molecule has 0 unspecified atom stereocenters. The third-order valence-corrected chi connectivity index (χ3v) is 6.44. The monoisotopic (exact) mass is 587 g/mol. The molecular formula is C26H20BrF2N3O4S. The highest BCUT2D eigenvalue weighted by Gasteiger charge is 2.24. The molecule has 1 fully saturated rings. The van der Waals surface area contributed by atoms with Crippen LogP contribution in [0.5, 0.6) is 11.5 Å². The van der Waals surface area contributed by atoms with Gasteiger partial charge in [-0.15, -0.1) is 0 Å². The lowest BCUT2D eigenvalue weighted by Gasteiger charge is -2.14. The summed E-state index contributed by atoms with van der Waals surface area (Å²) in [6.45, 7) is 1.86. The second-order valence-corrected chi connectivity index (χ2v) is 9.44. The van der Waals surface area contributed by atoms with E-state index in [1.807, 2.05) is 6.92 Å². The molecule has 1 heterocycles. The van der Waals surface area contributed by atoms with Crippen molar-refractivity contribution in [3.8, 4) is 11.5 Å². The quantitative estimate of drug-likeness (QED) is 0.314. The lowest BCUT2D eigenvalue weighted by atomic mass is 10.2. The Hall–Kier alpha value is -3.70. The molecule has 1 saturated heterocycles. The Morgan fingerprint density at radius 1 is 1.05 bits per heavy atom. The molecule has 0 bridgehead atoms. The van der Waals surface area contributed by atoms with E-state index in [0.717, 1.165) is 11.8 Å². The minimum Gasteiger partial charge on any atom is -0.490 e. The molecule has 0 radical (unpaired) electrons. The Bertz CT molecular complexity index is 1380. The maximum absolute atomic E-state index is 13.1. The standard InChI is InChI=1S/C26H20BrF2N3O4S/c1-2-35-21-11-15(12-23-25(34)32-26(37-23)31-19-9-5-17(29)6-10-19)20(27)13-22(21)36-14-24(33)30-18-7-3-16(28)4-8-18/h3-13H,2,14H2,1H3,(H,30,33)(H,31,32,34)/b23-12+. The van der Waals surface area contributed by atoms with Gasteiger partial charge in [0.2, 0.25) is 0 Å². The van der Waals surface area contributed by atoms with Crippen LogP contribution in [0.25, 0.3) is 6.08 Å². The number of benzene rings is 3. The number of ether oxygens (including phenoxy) is 2. The van der Waals surface area contributed by atoms with Crippen molar-refractivity contribution in [2.45, 2.75) is 6.92 Å². The van der Waals surface area contributed by atoms with E-state index in [2.05, 4.69) is 31.6 Å². The van der Waals surface area contributed by atoms with Gasteiger partial charge in [0, 0.05) is 10.2 Å². The van der Waals surface area contributed by atoms with Crippen molar-refractivity contribution in [2.75, 3.05) is 18.5 Å². The highest BCUT2D eigenvalue weighted by Crippen LogP contribution is 2.37. The number of hydrogen-bond acceptors (Lipinski definition) is 6. The second-order valence-electron chi connectivity index (χ2n) is 7.56. The van der Waals surface area contributed by atoms with E-state index in [0.29, 0.717) is 49.6 Å². The molecule has 0 saturated carbocycles. The van der Waals surface area contributed by atoms with Gasteiger partial charge in [-0.2, -0.15) is 0 Å². The summed E-state index contributed by atoms with van der Waals surface area (Å²) in [5.74, 6) is -0.816. The van der Waals surface area contributed by atoms with Crippen LogP contribution in [-0.4, -0.2) is 30.2 Å². The molecule has 2 amide bonds. The van der Waals surface area contributed by atoms with Crippen molar-refractivity contribution in [3.05, 3.63) is 87.2 Å². The largest absolute Gasteiger partial charge is 0.490 e. The minimum atomic E-state index is -0.427. The Labute approximate surface area is 224 Å². The number of thioether (sulfide) groups is 1. The SMILES string of the molecule is CCOc1cc(/C=C2/SC(=Nc3ccc(F)cc3)NC2=O)c(Br)cc1OCC(=O)Nc1ccc(F)cc1. The molecule has 0 atom stereocenters. The Kier molecular flexibility index (Phi) is 8.57. The average molecular weight is 588 g/mol. The summed E-state index contributed by atoms with van der Waals surface area (Å²) in [7, 11) is 0. The first-order valence-corrected chi connectivity index (χ1v) is 12.6. The first-order chi connectivity index (χ1) is 17.8. The number of aliphatic imine (C=N–C) groups is 1. The number of anilines is 1. The van der Waals surface area contributed by atoms with Gasteiger partial charge in [0.15, 0.2) is 23.3 Å². The number of carbonyl (C=O) groups excluding carboxylic acids is 2. The van der Waals surface area contributed by atoms with E-state index < -0.39 is 11.7 Å². The Morgan fingerprint density at radius 3 is 2.38 bits per heavy atom. The fourth-order valence-electron chi connectivity index (χ4n) is 3.17. The number of amides is 2. The van der Waals surface area contributed by atoms with E-state index >= 15 is 0 Å². The van der Waals surface area contributed by atoms with Gasteiger partial charge >= 0.3 is 0 Å². The van der Waals surface area contributed by atoms with Crippen LogP contribution in [0.1, 0.15) is 12.5 Å². The van der Waals surface area contributed by atoms with Crippen LogP contribution in [0, 0.1) is 11.6 Å². The molecule has 37 heavy (non-hydrogen) atoms. The summed E-state index contributed by atoms with van der Waals surface area (Å²) in [6, 6.07) is 14.3. The molecule has 11 heteroatoms. The minimum absolute atomic E-state index is 0.300. The molecule has 190 valence electrons. The Morgan fingerprint density at radius 2 is 1.70 bits per heavy atom. The number of carbonyl (C=O) groups is 2. The predicted octanol–water partition coefficient (Wildman–Crippen LogP) is 6.04. The lowest BCUT2D eigenvalue weighted by molar-refractivity contribution is -0.118. The van der Waals surface area contributed by atoms with E-state index in [1.165, 1.54) is 48.5 Å². The number of hydrogen-bond donors (Lipinski definition) is 2. The smallest absolute Gasteiger partial charge is 0.264 e. The first-order valence-electron chi connectivity index (χ1n) is 11.0. The van der Waals surface area contributed by atoms with E-state index in [1.54, 1.807) is 18.2 Å². The zero-order valence-electron chi connectivity index (χ0n) is 19.4. The van der Waals surface area contributed by atoms with Gasteiger partial charge < -0.3 is 20.1 Å². The van der Waals surface area contributed by atoms with E-state index in [9.17, 15) is 18.4 Å². The van der Waals surface area contributed by atoms with Crippen LogP contribution in [0.15, 0.2) is 75.0 Å². The fraction of sp³-hybridized carbons (Fsp3) is 0.115. The molecule has 3 aromatic rings. The van der Waals surface area contributed by atoms with Crippen LogP contribution in [0.2, 0.25) is 0 Å². The molecule has 7 nitrogen and oxygen atoms in total. The number of halogens is 3. The van der Waals surface area contributed by atoms with Gasteiger partial charge in [-0.1, -0.05) is 15.9 Å². The van der Waals surface area contributed by atoms with Crippen LogP contribution in [-0.2, 0) is 9.59 Å². The molecular weight excluding hydrogens is 568 g/mol. The van der Waals surface area contributed by atoms with Gasteiger partial charge in [-0.25, -0.2) is 13.8 Å². The molecule has 0 spiro atoms.